The zero-order valence-electron chi connectivity index (χ0n) is 11.4. The van der Waals surface area contributed by atoms with E-state index in [1.54, 1.807) is 7.11 Å². The van der Waals surface area contributed by atoms with Gasteiger partial charge in [-0.15, -0.1) is 0 Å². The van der Waals surface area contributed by atoms with Crippen LogP contribution in [0.5, 0.6) is 5.88 Å². The molecule has 2 nitrogen and oxygen atoms in total. The lowest BCUT2D eigenvalue weighted by Crippen LogP contribution is -1.98. The summed E-state index contributed by atoms with van der Waals surface area (Å²) in [5.74, 6) is 0.643. The number of methoxy groups -OCH3 is 1. The largest absolute Gasteiger partial charge is 0.481 e. The van der Waals surface area contributed by atoms with Crippen LogP contribution < -0.4 is 4.74 Å². The molecule has 106 valence electrons. The number of rotatable bonds is 3. The number of hydrogen-bond acceptors (Lipinski definition) is 2. The van der Waals surface area contributed by atoms with Gasteiger partial charge in [0.15, 0.2) is 0 Å². The quantitative estimate of drug-likeness (QED) is 0.635. The predicted molar refractivity (Wildman–Crippen MR) is 90.3 cm³/mol. The van der Waals surface area contributed by atoms with E-state index < -0.39 is 0 Å². The molecule has 1 heterocycles. The zero-order valence-corrected chi connectivity index (χ0v) is 13.8. The van der Waals surface area contributed by atoms with Crippen LogP contribution in [0.2, 0.25) is 5.02 Å². The summed E-state index contributed by atoms with van der Waals surface area (Å²) in [6, 6.07) is 15.9. The molecule has 2 aromatic carbocycles. The van der Waals surface area contributed by atoms with Gasteiger partial charge >= 0.3 is 0 Å². The Bertz CT molecular complexity index is 804. The number of halogens is 2. The van der Waals surface area contributed by atoms with Crippen molar-refractivity contribution in [2.24, 2.45) is 0 Å². The Morgan fingerprint density at radius 2 is 1.90 bits per heavy atom. The minimum Gasteiger partial charge on any atom is -0.481 e. The van der Waals surface area contributed by atoms with E-state index in [2.05, 4.69) is 33.0 Å². The summed E-state index contributed by atoms with van der Waals surface area (Å²) in [5.41, 5.74) is 3.00. The lowest BCUT2D eigenvalue weighted by molar-refractivity contribution is 0.395. The number of benzene rings is 2. The first-order valence-electron chi connectivity index (χ1n) is 6.54. The zero-order chi connectivity index (χ0) is 14.8. The van der Waals surface area contributed by atoms with Gasteiger partial charge in [-0.2, -0.15) is 0 Å². The molecule has 0 saturated carbocycles. The molecular formula is C17H13BrClNO. The molecule has 3 aromatic rings. The van der Waals surface area contributed by atoms with Crippen molar-refractivity contribution in [1.82, 2.24) is 4.98 Å². The standard InChI is InChI=1S/C17H13BrClNO/c1-21-17-13(8-11-4-2-3-5-15(11)19)9-12-10-14(18)6-7-16(12)20-17/h2-7,9-10H,8H2,1H3. The Hall–Kier alpha value is -1.58. The first kappa shape index (κ1) is 14.4. The summed E-state index contributed by atoms with van der Waals surface area (Å²) in [7, 11) is 1.64. The molecule has 0 amide bonds. The van der Waals surface area contributed by atoms with E-state index in [9.17, 15) is 0 Å². The molecule has 0 unspecified atom stereocenters. The maximum atomic E-state index is 6.24. The first-order valence-corrected chi connectivity index (χ1v) is 7.71. The van der Waals surface area contributed by atoms with Crippen molar-refractivity contribution in [3.05, 3.63) is 69.2 Å². The minimum absolute atomic E-state index is 0.643. The van der Waals surface area contributed by atoms with Crippen LogP contribution in [0.1, 0.15) is 11.1 Å². The average molecular weight is 363 g/mol. The highest BCUT2D eigenvalue weighted by Gasteiger charge is 2.10. The van der Waals surface area contributed by atoms with Crippen LogP contribution in [0.25, 0.3) is 10.9 Å². The summed E-state index contributed by atoms with van der Waals surface area (Å²) < 4.78 is 6.46. The highest BCUT2D eigenvalue weighted by Crippen LogP contribution is 2.28. The number of pyridine rings is 1. The molecule has 4 heteroatoms. The van der Waals surface area contributed by atoms with E-state index in [0.717, 1.165) is 31.5 Å². The SMILES string of the molecule is COc1nc2ccc(Br)cc2cc1Cc1ccccc1Cl. The maximum absolute atomic E-state index is 6.24. The van der Waals surface area contributed by atoms with Gasteiger partial charge in [-0.1, -0.05) is 45.7 Å². The molecule has 0 saturated heterocycles. The third-order valence-corrected chi connectivity index (χ3v) is 4.21. The molecule has 3 rings (SSSR count). The van der Waals surface area contributed by atoms with Crippen molar-refractivity contribution < 1.29 is 4.74 Å². The molecule has 1 aromatic heterocycles. The molecule has 0 N–H and O–H groups in total. The average Bonchev–Trinajstić information content (AvgIpc) is 2.49. The lowest BCUT2D eigenvalue weighted by atomic mass is 10.0. The Morgan fingerprint density at radius 3 is 2.67 bits per heavy atom. The fraction of sp³-hybridized carbons (Fsp3) is 0.118. The Morgan fingerprint density at radius 1 is 1.10 bits per heavy atom. The van der Waals surface area contributed by atoms with E-state index in [-0.39, 0.29) is 0 Å². The second-order valence-electron chi connectivity index (χ2n) is 4.76. The van der Waals surface area contributed by atoms with Crippen LogP contribution in [0.3, 0.4) is 0 Å². The summed E-state index contributed by atoms with van der Waals surface area (Å²) in [5, 5.41) is 1.83. The van der Waals surface area contributed by atoms with Crippen LogP contribution >= 0.6 is 27.5 Å². The van der Waals surface area contributed by atoms with Gasteiger partial charge in [0.2, 0.25) is 5.88 Å². The Kier molecular flexibility index (Phi) is 4.13. The van der Waals surface area contributed by atoms with Gasteiger partial charge in [-0.25, -0.2) is 4.98 Å². The third kappa shape index (κ3) is 3.04. The molecule has 21 heavy (non-hydrogen) atoms. The fourth-order valence-electron chi connectivity index (χ4n) is 2.32. The van der Waals surface area contributed by atoms with Crippen LogP contribution in [0, 0.1) is 0 Å². The van der Waals surface area contributed by atoms with Gasteiger partial charge in [0, 0.05) is 26.9 Å². The van der Waals surface area contributed by atoms with E-state index in [4.69, 9.17) is 16.3 Å². The molecule has 0 fully saturated rings. The van der Waals surface area contributed by atoms with Gasteiger partial charge in [-0.05, 0) is 35.9 Å². The number of nitrogens with zero attached hydrogens (tertiary/aromatic N) is 1. The van der Waals surface area contributed by atoms with E-state index >= 15 is 0 Å². The lowest BCUT2D eigenvalue weighted by Gasteiger charge is -2.10. The van der Waals surface area contributed by atoms with Crippen LogP contribution in [0.15, 0.2) is 53.0 Å². The van der Waals surface area contributed by atoms with Crippen molar-refractivity contribution >= 4 is 38.4 Å². The van der Waals surface area contributed by atoms with E-state index in [1.807, 2.05) is 36.4 Å². The van der Waals surface area contributed by atoms with Gasteiger partial charge in [0.25, 0.3) is 0 Å². The summed E-state index contributed by atoms with van der Waals surface area (Å²) in [4.78, 5) is 4.57. The number of ether oxygens (including phenoxy) is 1. The molecule has 0 bridgehead atoms. The molecule has 0 spiro atoms. The summed E-state index contributed by atoms with van der Waals surface area (Å²) in [6.45, 7) is 0. The predicted octanol–water partition coefficient (Wildman–Crippen LogP) is 5.25. The molecule has 0 aliphatic carbocycles. The topological polar surface area (TPSA) is 22.1 Å². The summed E-state index contributed by atoms with van der Waals surface area (Å²) >= 11 is 9.74. The van der Waals surface area contributed by atoms with Gasteiger partial charge in [-0.3, -0.25) is 0 Å². The van der Waals surface area contributed by atoms with Gasteiger partial charge in [0.05, 0.1) is 12.6 Å². The highest BCUT2D eigenvalue weighted by molar-refractivity contribution is 9.10. The Balaban J connectivity index is 2.10. The second-order valence-corrected chi connectivity index (χ2v) is 6.08. The van der Waals surface area contributed by atoms with E-state index in [1.165, 1.54) is 0 Å². The number of hydrogen-bond donors (Lipinski definition) is 0. The molecule has 0 aliphatic rings. The molecule has 0 atom stereocenters. The monoisotopic (exact) mass is 361 g/mol. The smallest absolute Gasteiger partial charge is 0.217 e. The number of fused-ring (bicyclic) bond motifs is 1. The first-order chi connectivity index (χ1) is 10.2. The van der Waals surface area contributed by atoms with Crippen molar-refractivity contribution in [3.8, 4) is 5.88 Å². The van der Waals surface area contributed by atoms with Gasteiger partial charge < -0.3 is 4.74 Å². The van der Waals surface area contributed by atoms with Crippen molar-refractivity contribution in [2.45, 2.75) is 6.42 Å². The van der Waals surface area contributed by atoms with Crippen LogP contribution in [-0.2, 0) is 6.42 Å². The third-order valence-electron chi connectivity index (χ3n) is 3.35. The maximum Gasteiger partial charge on any atom is 0.217 e. The van der Waals surface area contributed by atoms with Crippen LogP contribution in [0.4, 0.5) is 0 Å². The Labute approximate surface area is 136 Å². The highest BCUT2D eigenvalue weighted by atomic mass is 79.9. The fourth-order valence-corrected chi connectivity index (χ4v) is 2.91. The van der Waals surface area contributed by atoms with Crippen molar-refractivity contribution in [1.29, 1.82) is 0 Å². The van der Waals surface area contributed by atoms with E-state index in [0.29, 0.717) is 12.3 Å². The summed E-state index contributed by atoms with van der Waals surface area (Å²) in [6.07, 6.45) is 0.693. The van der Waals surface area contributed by atoms with Crippen molar-refractivity contribution in [2.75, 3.05) is 7.11 Å². The number of aromatic nitrogens is 1. The molecule has 0 radical (unpaired) electrons. The molecular weight excluding hydrogens is 350 g/mol. The minimum atomic E-state index is 0.643. The van der Waals surface area contributed by atoms with Crippen molar-refractivity contribution in [3.63, 3.8) is 0 Å². The second kappa shape index (κ2) is 6.04. The van der Waals surface area contributed by atoms with Gasteiger partial charge in [0.1, 0.15) is 0 Å². The normalized spacial score (nSPS) is 10.8. The molecule has 0 aliphatic heterocycles. The van der Waals surface area contributed by atoms with Crippen LogP contribution in [-0.4, -0.2) is 12.1 Å².